The highest BCUT2D eigenvalue weighted by atomic mass is 79.9. The van der Waals surface area contributed by atoms with Gasteiger partial charge in [0.15, 0.2) is 0 Å². The number of carbonyl (C=O) groups excluding carboxylic acids is 2. The number of carbonyl (C=O) groups is 2. The summed E-state index contributed by atoms with van der Waals surface area (Å²) in [6, 6.07) is 17.3. The Morgan fingerprint density at radius 2 is 1.81 bits per heavy atom. The van der Waals surface area contributed by atoms with E-state index in [2.05, 4.69) is 21.2 Å². The average molecular weight is 435 g/mol. The number of benzene rings is 2. The van der Waals surface area contributed by atoms with Crippen molar-refractivity contribution in [2.45, 2.75) is 25.3 Å². The molecule has 6 heteroatoms. The molecular formula is C20H23BrN2O2S. The number of nitrogens with one attached hydrogen (secondary N) is 1. The van der Waals surface area contributed by atoms with Gasteiger partial charge in [-0.05, 0) is 30.2 Å². The van der Waals surface area contributed by atoms with Gasteiger partial charge in [-0.2, -0.15) is 0 Å². The quantitative estimate of drug-likeness (QED) is 0.686. The third-order valence-electron chi connectivity index (χ3n) is 3.99. The largest absolute Gasteiger partial charge is 0.357 e. The van der Waals surface area contributed by atoms with Crippen LogP contribution < -0.4 is 5.32 Å². The number of likely N-dealkylation sites (N-methyl/N-ethyl adjacent to an activating group) is 1. The van der Waals surface area contributed by atoms with E-state index in [0.29, 0.717) is 12.3 Å². The minimum Gasteiger partial charge on any atom is -0.357 e. The van der Waals surface area contributed by atoms with Crippen molar-refractivity contribution in [2.75, 3.05) is 12.8 Å². The molecule has 26 heavy (non-hydrogen) atoms. The molecule has 1 N–H and O–H groups in total. The topological polar surface area (TPSA) is 49.4 Å². The van der Waals surface area contributed by atoms with E-state index in [1.165, 1.54) is 5.56 Å². The Morgan fingerprint density at radius 1 is 1.12 bits per heavy atom. The maximum atomic E-state index is 12.8. The third-order valence-corrected chi connectivity index (χ3v) is 5.47. The van der Waals surface area contributed by atoms with Crippen molar-refractivity contribution in [2.24, 2.45) is 0 Å². The lowest BCUT2D eigenvalue weighted by molar-refractivity contribution is -0.138. The van der Waals surface area contributed by atoms with E-state index in [4.69, 9.17) is 0 Å². The fraction of sp³-hybridized carbons (Fsp3) is 0.300. The zero-order chi connectivity index (χ0) is 18.9. The molecule has 138 valence electrons. The average Bonchev–Trinajstić information content (AvgIpc) is 2.65. The Morgan fingerprint density at radius 3 is 2.46 bits per heavy atom. The van der Waals surface area contributed by atoms with Crippen LogP contribution in [0.25, 0.3) is 0 Å². The van der Waals surface area contributed by atoms with E-state index in [1.54, 1.807) is 30.6 Å². The number of halogens is 1. The first-order chi connectivity index (χ1) is 12.5. The molecule has 1 atom stereocenters. The number of hydrogen-bond donors (Lipinski definition) is 1. The van der Waals surface area contributed by atoms with Crippen molar-refractivity contribution >= 4 is 39.5 Å². The van der Waals surface area contributed by atoms with Crippen molar-refractivity contribution in [3.63, 3.8) is 0 Å². The summed E-state index contributed by atoms with van der Waals surface area (Å²) in [6.07, 6.45) is 0. The number of rotatable bonds is 8. The molecule has 0 saturated carbocycles. The third kappa shape index (κ3) is 6.18. The lowest BCUT2D eigenvalue weighted by Gasteiger charge is -2.28. The highest BCUT2D eigenvalue weighted by Gasteiger charge is 2.25. The Bertz CT molecular complexity index is 740. The molecule has 0 radical (unpaired) electrons. The van der Waals surface area contributed by atoms with Crippen LogP contribution in [0.5, 0.6) is 0 Å². The van der Waals surface area contributed by atoms with Crippen LogP contribution in [0.3, 0.4) is 0 Å². The van der Waals surface area contributed by atoms with Crippen LogP contribution in [-0.2, 0) is 21.9 Å². The predicted molar refractivity (Wildman–Crippen MR) is 111 cm³/mol. The standard InChI is InChI=1S/C20H23BrN2O2S/c1-15(20(25)22-2)23(12-17-9-6-10-18(21)11-17)19(24)14-26-13-16-7-4-3-5-8-16/h3-11,15H,12-14H2,1-2H3,(H,22,25)/t15-/m0/s1. The Hall–Kier alpha value is -1.79. The lowest BCUT2D eigenvalue weighted by atomic mass is 10.1. The Balaban J connectivity index is 2.04. The summed E-state index contributed by atoms with van der Waals surface area (Å²) in [6.45, 7) is 2.16. The van der Waals surface area contributed by atoms with Gasteiger partial charge < -0.3 is 10.2 Å². The molecular weight excluding hydrogens is 412 g/mol. The molecule has 0 aliphatic heterocycles. The fourth-order valence-corrected chi connectivity index (χ4v) is 3.85. The van der Waals surface area contributed by atoms with Gasteiger partial charge in [-0.15, -0.1) is 11.8 Å². The molecule has 4 nitrogen and oxygen atoms in total. The van der Waals surface area contributed by atoms with Gasteiger partial charge in [0, 0.05) is 23.8 Å². The van der Waals surface area contributed by atoms with Crippen molar-refractivity contribution in [3.8, 4) is 0 Å². The van der Waals surface area contributed by atoms with Gasteiger partial charge in [-0.25, -0.2) is 0 Å². The number of hydrogen-bond acceptors (Lipinski definition) is 3. The first kappa shape index (κ1) is 20.5. The van der Waals surface area contributed by atoms with Gasteiger partial charge in [0.05, 0.1) is 5.75 Å². The van der Waals surface area contributed by atoms with Gasteiger partial charge in [0.25, 0.3) is 0 Å². The molecule has 0 fully saturated rings. The molecule has 2 aromatic carbocycles. The summed E-state index contributed by atoms with van der Waals surface area (Å²) in [7, 11) is 1.59. The second-order valence-electron chi connectivity index (χ2n) is 5.92. The van der Waals surface area contributed by atoms with Gasteiger partial charge in [0.1, 0.15) is 6.04 Å². The normalized spacial score (nSPS) is 11.7. The zero-order valence-corrected chi connectivity index (χ0v) is 17.3. The van der Waals surface area contributed by atoms with E-state index < -0.39 is 6.04 Å². The Kier molecular flexibility index (Phi) is 8.19. The molecule has 0 spiro atoms. The molecule has 0 bridgehead atoms. The first-order valence-electron chi connectivity index (χ1n) is 8.38. The highest BCUT2D eigenvalue weighted by molar-refractivity contribution is 9.10. The molecule has 2 aromatic rings. The number of thioether (sulfide) groups is 1. The molecule has 2 amide bonds. The van der Waals surface area contributed by atoms with Crippen LogP contribution >= 0.6 is 27.7 Å². The Labute approximate surface area is 167 Å². The maximum Gasteiger partial charge on any atom is 0.242 e. The van der Waals surface area contributed by atoms with Gasteiger partial charge in [0.2, 0.25) is 11.8 Å². The van der Waals surface area contributed by atoms with Crippen LogP contribution in [0.1, 0.15) is 18.1 Å². The van der Waals surface area contributed by atoms with E-state index in [0.717, 1.165) is 15.8 Å². The molecule has 0 saturated heterocycles. The second kappa shape index (κ2) is 10.4. The van der Waals surface area contributed by atoms with Crippen LogP contribution in [-0.4, -0.2) is 35.6 Å². The summed E-state index contributed by atoms with van der Waals surface area (Å²) in [4.78, 5) is 26.5. The molecule has 0 aromatic heterocycles. The number of nitrogens with zero attached hydrogens (tertiary/aromatic N) is 1. The summed E-state index contributed by atoms with van der Waals surface area (Å²) >= 11 is 5.01. The summed E-state index contributed by atoms with van der Waals surface area (Å²) in [5.41, 5.74) is 2.17. The number of amides is 2. The molecule has 0 unspecified atom stereocenters. The second-order valence-corrected chi connectivity index (χ2v) is 7.82. The monoisotopic (exact) mass is 434 g/mol. The van der Waals surface area contributed by atoms with Gasteiger partial charge in [-0.3, -0.25) is 9.59 Å². The van der Waals surface area contributed by atoms with E-state index in [1.807, 2.05) is 54.6 Å². The SMILES string of the molecule is CNC(=O)[C@H](C)N(Cc1cccc(Br)c1)C(=O)CSCc1ccccc1. The van der Waals surface area contributed by atoms with Crippen molar-refractivity contribution < 1.29 is 9.59 Å². The van der Waals surface area contributed by atoms with E-state index >= 15 is 0 Å². The summed E-state index contributed by atoms with van der Waals surface area (Å²) < 4.78 is 0.952. The van der Waals surface area contributed by atoms with Crippen LogP contribution in [0.2, 0.25) is 0 Å². The maximum absolute atomic E-state index is 12.8. The van der Waals surface area contributed by atoms with E-state index in [9.17, 15) is 9.59 Å². The van der Waals surface area contributed by atoms with Crippen LogP contribution in [0.15, 0.2) is 59.1 Å². The first-order valence-corrected chi connectivity index (χ1v) is 10.3. The summed E-state index contributed by atoms with van der Waals surface area (Å²) in [5, 5.41) is 2.63. The predicted octanol–water partition coefficient (Wildman–Crippen LogP) is 3.85. The highest BCUT2D eigenvalue weighted by Crippen LogP contribution is 2.18. The van der Waals surface area contributed by atoms with Crippen LogP contribution in [0.4, 0.5) is 0 Å². The lowest BCUT2D eigenvalue weighted by Crippen LogP contribution is -2.47. The van der Waals surface area contributed by atoms with E-state index in [-0.39, 0.29) is 11.8 Å². The molecule has 0 heterocycles. The molecule has 0 aliphatic carbocycles. The van der Waals surface area contributed by atoms with Crippen LogP contribution in [0, 0.1) is 0 Å². The minimum atomic E-state index is -0.524. The smallest absolute Gasteiger partial charge is 0.242 e. The van der Waals surface area contributed by atoms with Crippen molar-refractivity contribution in [1.29, 1.82) is 0 Å². The van der Waals surface area contributed by atoms with Crippen molar-refractivity contribution in [3.05, 3.63) is 70.2 Å². The molecule has 0 aliphatic rings. The van der Waals surface area contributed by atoms with Gasteiger partial charge in [-0.1, -0.05) is 58.4 Å². The van der Waals surface area contributed by atoms with Crippen molar-refractivity contribution in [1.82, 2.24) is 10.2 Å². The minimum absolute atomic E-state index is 0.0398. The fourth-order valence-electron chi connectivity index (χ4n) is 2.54. The van der Waals surface area contributed by atoms with Gasteiger partial charge >= 0.3 is 0 Å². The molecule has 2 rings (SSSR count). The summed E-state index contributed by atoms with van der Waals surface area (Å²) in [5.74, 6) is 0.902. The zero-order valence-electron chi connectivity index (χ0n) is 14.9.